The highest BCUT2D eigenvalue weighted by atomic mass is 16.5. The Labute approximate surface area is 153 Å². The Bertz CT molecular complexity index is 1080. The molecule has 0 spiro atoms. The van der Waals surface area contributed by atoms with Gasteiger partial charge in [0.05, 0.1) is 11.0 Å². The molecule has 5 rings (SSSR count). The maximum Gasteiger partial charge on any atom is 0.128 e. The van der Waals surface area contributed by atoms with Gasteiger partial charge in [0.1, 0.15) is 17.1 Å². The summed E-state index contributed by atoms with van der Waals surface area (Å²) in [4.78, 5) is 3.58. The third kappa shape index (κ3) is 2.06. The zero-order chi connectivity index (χ0) is 18.2. The average molecular weight is 347 g/mol. The minimum atomic E-state index is -0.0770. The molecule has 3 heteroatoms. The molecule has 1 aliphatic carbocycles. The molecular formula is C23H25NO2. The molecule has 2 aliphatic rings. The minimum Gasteiger partial charge on any atom is -0.508 e. The topological polar surface area (TPSA) is 45.2 Å². The van der Waals surface area contributed by atoms with E-state index < -0.39 is 0 Å². The number of aromatic amines is 1. The Kier molecular flexibility index (Phi) is 3.08. The monoisotopic (exact) mass is 347 g/mol. The van der Waals surface area contributed by atoms with Crippen LogP contribution in [0, 0.1) is 12.8 Å². The van der Waals surface area contributed by atoms with Crippen molar-refractivity contribution < 1.29 is 9.84 Å². The van der Waals surface area contributed by atoms with Crippen molar-refractivity contribution in [3.05, 3.63) is 47.5 Å². The second-order valence-corrected chi connectivity index (χ2v) is 8.57. The number of allylic oxidation sites excluding steroid dienone is 1. The van der Waals surface area contributed by atoms with Gasteiger partial charge in [-0.2, -0.15) is 0 Å². The number of nitrogens with one attached hydrogen (secondary N) is 1. The Morgan fingerprint density at radius 1 is 1.31 bits per heavy atom. The number of phenolic OH excluding ortho intramolecular Hbond substituents is 1. The van der Waals surface area contributed by atoms with Crippen LogP contribution >= 0.6 is 0 Å². The molecule has 1 aromatic heterocycles. The van der Waals surface area contributed by atoms with Gasteiger partial charge in [0.2, 0.25) is 0 Å². The highest BCUT2D eigenvalue weighted by Gasteiger charge is 2.46. The SMILES string of the molecule is C=C(C)C1CCC2(C)CC1c1c(c(C)cc3c1[nH]c1cc(O)ccc13)O2. The summed E-state index contributed by atoms with van der Waals surface area (Å²) in [6.07, 6.45) is 3.25. The summed E-state index contributed by atoms with van der Waals surface area (Å²) in [6.45, 7) is 10.9. The lowest BCUT2D eigenvalue weighted by Gasteiger charge is -2.48. The summed E-state index contributed by atoms with van der Waals surface area (Å²) >= 11 is 0. The van der Waals surface area contributed by atoms with Crippen molar-refractivity contribution in [1.29, 1.82) is 0 Å². The first kappa shape index (κ1) is 15.8. The first-order valence-corrected chi connectivity index (χ1v) is 9.49. The molecule has 134 valence electrons. The number of phenols is 1. The van der Waals surface area contributed by atoms with Crippen LogP contribution in [-0.4, -0.2) is 15.7 Å². The molecule has 2 heterocycles. The van der Waals surface area contributed by atoms with Crippen LogP contribution in [0.2, 0.25) is 0 Å². The summed E-state index contributed by atoms with van der Waals surface area (Å²) in [5.41, 5.74) is 5.83. The molecule has 3 aromatic rings. The van der Waals surface area contributed by atoms with Gasteiger partial charge in [-0.3, -0.25) is 0 Å². The molecule has 0 saturated heterocycles. The van der Waals surface area contributed by atoms with E-state index >= 15 is 0 Å². The van der Waals surface area contributed by atoms with E-state index in [1.54, 1.807) is 6.07 Å². The maximum atomic E-state index is 9.88. The largest absolute Gasteiger partial charge is 0.508 e. The number of aryl methyl sites for hydroxylation is 1. The number of hydrogen-bond acceptors (Lipinski definition) is 2. The van der Waals surface area contributed by atoms with Gasteiger partial charge in [-0.1, -0.05) is 12.2 Å². The van der Waals surface area contributed by atoms with Crippen molar-refractivity contribution in [1.82, 2.24) is 4.98 Å². The molecule has 0 radical (unpaired) electrons. The average Bonchev–Trinajstić information content (AvgIpc) is 2.91. The summed E-state index contributed by atoms with van der Waals surface area (Å²) in [7, 11) is 0. The van der Waals surface area contributed by atoms with Crippen molar-refractivity contribution in [2.75, 3.05) is 0 Å². The van der Waals surface area contributed by atoms with Crippen molar-refractivity contribution in [3.8, 4) is 11.5 Å². The predicted molar refractivity (Wildman–Crippen MR) is 106 cm³/mol. The molecule has 3 nitrogen and oxygen atoms in total. The smallest absolute Gasteiger partial charge is 0.128 e. The Morgan fingerprint density at radius 3 is 2.88 bits per heavy atom. The van der Waals surface area contributed by atoms with Crippen LogP contribution in [0.15, 0.2) is 36.4 Å². The van der Waals surface area contributed by atoms with Crippen molar-refractivity contribution >= 4 is 21.8 Å². The van der Waals surface area contributed by atoms with E-state index in [-0.39, 0.29) is 11.4 Å². The molecule has 1 fully saturated rings. The van der Waals surface area contributed by atoms with E-state index in [0.29, 0.717) is 11.8 Å². The van der Waals surface area contributed by atoms with Gasteiger partial charge in [0, 0.05) is 22.4 Å². The van der Waals surface area contributed by atoms with Crippen molar-refractivity contribution in [2.45, 2.75) is 51.6 Å². The van der Waals surface area contributed by atoms with E-state index in [2.05, 4.69) is 38.4 Å². The molecular weight excluding hydrogens is 322 g/mol. The molecule has 2 N–H and O–H groups in total. The Balaban J connectivity index is 1.86. The van der Waals surface area contributed by atoms with Gasteiger partial charge >= 0.3 is 0 Å². The third-order valence-corrected chi connectivity index (χ3v) is 6.53. The molecule has 2 bridgehead atoms. The van der Waals surface area contributed by atoms with Crippen LogP contribution in [0.5, 0.6) is 11.5 Å². The van der Waals surface area contributed by atoms with E-state index in [1.165, 1.54) is 22.1 Å². The van der Waals surface area contributed by atoms with Gasteiger partial charge in [-0.15, -0.1) is 0 Å². The molecule has 3 unspecified atom stereocenters. The number of rotatable bonds is 1. The van der Waals surface area contributed by atoms with Crippen molar-refractivity contribution in [2.24, 2.45) is 5.92 Å². The van der Waals surface area contributed by atoms with Crippen LogP contribution in [0.1, 0.15) is 50.2 Å². The normalized spacial score (nSPS) is 27.3. The number of H-pyrrole nitrogens is 1. The molecule has 3 atom stereocenters. The second-order valence-electron chi connectivity index (χ2n) is 8.57. The fraction of sp³-hybridized carbons (Fsp3) is 0.391. The van der Waals surface area contributed by atoms with Gasteiger partial charge in [-0.05, 0) is 75.6 Å². The minimum absolute atomic E-state index is 0.0770. The van der Waals surface area contributed by atoms with E-state index in [9.17, 15) is 5.11 Å². The first-order chi connectivity index (χ1) is 12.4. The van der Waals surface area contributed by atoms with E-state index in [1.807, 2.05) is 12.1 Å². The Hall–Kier alpha value is -2.42. The van der Waals surface area contributed by atoms with E-state index in [0.717, 1.165) is 41.4 Å². The number of aromatic hydroxyl groups is 1. The lowest BCUT2D eigenvalue weighted by atomic mass is 9.65. The van der Waals surface area contributed by atoms with Crippen LogP contribution < -0.4 is 4.74 Å². The number of aromatic nitrogens is 1. The van der Waals surface area contributed by atoms with Crippen LogP contribution in [-0.2, 0) is 0 Å². The maximum absolute atomic E-state index is 9.88. The van der Waals surface area contributed by atoms with Crippen molar-refractivity contribution in [3.63, 3.8) is 0 Å². The molecule has 1 saturated carbocycles. The summed E-state index contributed by atoms with van der Waals surface area (Å²) in [5, 5.41) is 12.3. The number of ether oxygens (including phenoxy) is 1. The van der Waals surface area contributed by atoms with Gasteiger partial charge < -0.3 is 14.8 Å². The molecule has 0 amide bonds. The number of hydrogen-bond donors (Lipinski definition) is 2. The predicted octanol–water partition coefficient (Wildman–Crippen LogP) is 5.95. The van der Waals surface area contributed by atoms with Gasteiger partial charge in [-0.25, -0.2) is 0 Å². The fourth-order valence-electron chi connectivity index (χ4n) is 5.27. The quantitative estimate of drug-likeness (QED) is 0.535. The number of benzene rings is 2. The Morgan fingerprint density at radius 2 is 2.12 bits per heavy atom. The fourth-order valence-corrected chi connectivity index (χ4v) is 5.27. The number of fused-ring (bicyclic) bond motifs is 8. The van der Waals surface area contributed by atoms with Crippen LogP contribution in [0.25, 0.3) is 21.8 Å². The highest BCUT2D eigenvalue weighted by molar-refractivity contribution is 6.09. The molecule has 26 heavy (non-hydrogen) atoms. The summed E-state index contributed by atoms with van der Waals surface area (Å²) in [6, 6.07) is 7.79. The second kappa shape index (κ2) is 5.06. The summed E-state index contributed by atoms with van der Waals surface area (Å²) < 4.78 is 6.58. The van der Waals surface area contributed by atoms with Gasteiger partial charge in [0.15, 0.2) is 0 Å². The zero-order valence-corrected chi connectivity index (χ0v) is 15.6. The molecule has 2 aromatic carbocycles. The van der Waals surface area contributed by atoms with Crippen LogP contribution in [0.3, 0.4) is 0 Å². The first-order valence-electron chi connectivity index (χ1n) is 9.49. The lowest BCUT2D eigenvalue weighted by molar-refractivity contribution is 0.00731. The standard InChI is InChI=1S/C23H25NO2/c1-12(2)15-7-8-23(4)11-18(15)20-21-17(9-13(3)22(20)26-23)16-6-5-14(25)10-19(16)24-21/h5-6,9-10,15,18,24-25H,1,7-8,11H2,2-4H3. The van der Waals surface area contributed by atoms with Gasteiger partial charge in [0.25, 0.3) is 0 Å². The van der Waals surface area contributed by atoms with Crippen LogP contribution in [0.4, 0.5) is 0 Å². The van der Waals surface area contributed by atoms with E-state index in [4.69, 9.17) is 4.74 Å². The zero-order valence-electron chi connectivity index (χ0n) is 15.6. The summed E-state index contributed by atoms with van der Waals surface area (Å²) in [5.74, 6) is 2.27. The molecule has 1 aliphatic heterocycles. The highest BCUT2D eigenvalue weighted by Crippen LogP contribution is 2.56. The third-order valence-electron chi connectivity index (χ3n) is 6.53. The lowest BCUT2D eigenvalue weighted by Crippen LogP contribution is -2.44.